The van der Waals surface area contributed by atoms with Crippen molar-refractivity contribution in [3.63, 3.8) is 0 Å². The number of amides is 2. The lowest BCUT2D eigenvalue weighted by Gasteiger charge is -2.10. The number of nitrogens with zero attached hydrogens (tertiary/aromatic N) is 3. The van der Waals surface area contributed by atoms with Crippen molar-refractivity contribution in [3.05, 3.63) is 59.3 Å². The molecule has 0 fully saturated rings. The van der Waals surface area contributed by atoms with Gasteiger partial charge in [-0.2, -0.15) is 9.78 Å². The Bertz CT molecular complexity index is 1360. The largest absolute Gasteiger partial charge is 0.497 e. The summed E-state index contributed by atoms with van der Waals surface area (Å²) in [6, 6.07) is 12.9. The van der Waals surface area contributed by atoms with Crippen LogP contribution in [0.4, 0.5) is 11.5 Å². The summed E-state index contributed by atoms with van der Waals surface area (Å²) in [5, 5.41) is 11.0. The predicted molar refractivity (Wildman–Crippen MR) is 124 cm³/mol. The van der Waals surface area contributed by atoms with E-state index in [9.17, 15) is 9.59 Å². The Hall–Kier alpha value is -3.72. The molecule has 2 amide bonds. The van der Waals surface area contributed by atoms with Gasteiger partial charge in [-0.25, -0.2) is 4.98 Å². The number of carbonyl (C=O) groups is 2. The third-order valence-corrected chi connectivity index (χ3v) is 6.32. The van der Waals surface area contributed by atoms with Crippen LogP contribution in [0.3, 0.4) is 0 Å². The van der Waals surface area contributed by atoms with E-state index in [2.05, 4.69) is 20.7 Å². The highest BCUT2D eigenvalue weighted by atomic mass is 32.1. The molecule has 1 aliphatic rings. The Labute approximate surface area is 188 Å². The maximum Gasteiger partial charge on any atom is 0.256 e. The summed E-state index contributed by atoms with van der Waals surface area (Å²) in [6.45, 7) is 1.87. The zero-order chi connectivity index (χ0) is 22.2. The van der Waals surface area contributed by atoms with Gasteiger partial charge >= 0.3 is 0 Å². The molecule has 0 aliphatic carbocycles. The van der Waals surface area contributed by atoms with E-state index in [1.165, 1.54) is 11.3 Å². The quantitative estimate of drug-likeness (QED) is 0.485. The van der Waals surface area contributed by atoms with Gasteiger partial charge in [-0.05, 0) is 61.7 Å². The molecule has 4 aromatic rings. The Balaban J connectivity index is 1.44. The lowest BCUT2D eigenvalue weighted by Crippen LogP contribution is -2.16. The topological polar surface area (TPSA) is 98.1 Å². The molecule has 2 N–H and O–H groups in total. The van der Waals surface area contributed by atoms with Gasteiger partial charge in [0.05, 0.1) is 23.0 Å². The molecule has 1 aliphatic heterocycles. The van der Waals surface area contributed by atoms with E-state index in [-0.39, 0.29) is 11.8 Å². The first-order chi connectivity index (χ1) is 15.5. The van der Waals surface area contributed by atoms with E-state index in [4.69, 9.17) is 4.74 Å². The van der Waals surface area contributed by atoms with E-state index in [0.717, 1.165) is 45.8 Å². The van der Waals surface area contributed by atoms with E-state index in [1.807, 2.05) is 37.3 Å². The summed E-state index contributed by atoms with van der Waals surface area (Å²) in [6.07, 6.45) is 2.00. The summed E-state index contributed by atoms with van der Waals surface area (Å²) in [5.74, 6) is 1.07. The standard InChI is InChI=1S/C23H21N5O3S/c1-13-10-20(28(27-13)23-25-18-9-7-16(31-2)12-19(18)32-23)26-22(30)15-6-8-17-14(11-15)4-3-5-21(29)24-17/h6-12H,3-5H2,1-2H3,(H,24,29)(H,26,30). The van der Waals surface area contributed by atoms with Crippen molar-refractivity contribution in [2.75, 3.05) is 17.7 Å². The van der Waals surface area contributed by atoms with Crippen LogP contribution in [-0.4, -0.2) is 33.7 Å². The summed E-state index contributed by atoms with van der Waals surface area (Å²) in [5.41, 5.74) is 3.87. The first-order valence-corrected chi connectivity index (χ1v) is 11.1. The SMILES string of the molecule is COc1ccc2nc(-n3nc(C)cc3NC(=O)c3ccc4c(c3)CCCC(=O)N4)sc2c1. The van der Waals surface area contributed by atoms with Gasteiger partial charge < -0.3 is 15.4 Å². The lowest BCUT2D eigenvalue weighted by atomic mass is 10.0. The van der Waals surface area contributed by atoms with Crippen LogP contribution in [0.1, 0.15) is 34.5 Å². The number of aromatic nitrogens is 3. The number of fused-ring (bicyclic) bond motifs is 2. The second-order valence-corrected chi connectivity index (χ2v) is 8.65. The number of hydrogen-bond donors (Lipinski definition) is 2. The minimum absolute atomic E-state index is 0.00813. The molecular weight excluding hydrogens is 426 g/mol. The molecule has 32 heavy (non-hydrogen) atoms. The van der Waals surface area contributed by atoms with Gasteiger partial charge in [-0.1, -0.05) is 11.3 Å². The minimum Gasteiger partial charge on any atom is -0.497 e. The van der Waals surface area contributed by atoms with Gasteiger partial charge in [0.2, 0.25) is 11.0 Å². The Morgan fingerprint density at radius 2 is 2.06 bits per heavy atom. The van der Waals surface area contributed by atoms with Crippen LogP contribution >= 0.6 is 11.3 Å². The van der Waals surface area contributed by atoms with Crippen LogP contribution in [0.5, 0.6) is 5.75 Å². The van der Waals surface area contributed by atoms with Gasteiger partial charge in [0, 0.05) is 23.7 Å². The van der Waals surface area contributed by atoms with Crippen LogP contribution < -0.4 is 15.4 Å². The average Bonchev–Trinajstić information content (AvgIpc) is 3.30. The number of benzene rings is 2. The summed E-state index contributed by atoms with van der Waals surface area (Å²) < 4.78 is 7.91. The van der Waals surface area contributed by atoms with Crippen molar-refractivity contribution < 1.29 is 14.3 Å². The van der Waals surface area contributed by atoms with E-state index < -0.39 is 0 Å². The van der Waals surface area contributed by atoms with Crippen molar-refractivity contribution in [2.45, 2.75) is 26.2 Å². The van der Waals surface area contributed by atoms with Crippen molar-refractivity contribution >= 4 is 44.9 Å². The second kappa shape index (κ2) is 8.08. The Kier molecular flexibility index (Phi) is 5.10. The molecule has 3 heterocycles. The number of aryl methyl sites for hydroxylation is 2. The van der Waals surface area contributed by atoms with E-state index in [0.29, 0.717) is 22.9 Å². The third-order valence-electron chi connectivity index (χ3n) is 5.33. The summed E-state index contributed by atoms with van der Waals surface area (Å²) in [4.78, 5) is 29.5. The third kappa shape index (κ3) is 3.82. The molecule has 2 aromatic heterocycles. The molecule has 5 rings (SSSR count). The maximum atomic E-state index is 13.0. The number of methoxy groups -OCH3 is 1. The van der Waals surface area contributed by atoms with Gasteiger partial charge in [0.25, 0.3) is 5.91 Å². The monoisotopic (exact) mass is 447 g/mol. The number of anilines is 2. The molecule has 0 saturated heterocycles. The fourth-order valence-corrected chi connectivity index (χ4v) is 4.71. The number of rotatable bonds is 4. The van der Waals surface area contributed by atoms with Gasteiger partial charge in [0.1, 0.15) is 11.6 Å². The van der Waals surface area contributed by atoms with Crippen LogP contribution in [0.25, 0.3) is 15.3 Å². The van der Waals surface area contributed by atoms with Gasteiger partial charge in [-0.15, -0.1) is 0 Å². The predicted octanol–water partition coefficient (Wildman–Crippen LogP) is 4.33. The second-order valence-electron chi connectivity index (χ2n) is 7.64. The maximum absolute atomic E-state index is 13.0. The molecule has 2 aromatic carbocycles. The molecule has 0 atom stereocenters. The average molecular weight is 448 g/mol. The van der Waals surface area contributed by atoms with Crippen LogP contribution in [0, 0.1) is 6.92 Å². The first-order valence-electron chi connectivity index (χ1n) is 10.3. The van der Waals surface area contributed by atoms with E-state index >= 15 is 0 Å². The fourth-order valence-electron chi connectivity index (χ4n) is 3.75. The van der Waals surface area contributed by atoms with Crippen LogP contribution in [-0.2, 0) is 11.2 Å². The minimum atomic E-state index is -0.243. The van der Waals surface area contributed by atoms with Crippen LogP contribution in [0.15, 0.2) is 42.5 Å². The smallest absolute Gasteiger partial charge is 0.256 e. The zero-order valence-electron chi connectivity index (χ0n) is 17.6. The molecule has 0 saturated carbocycles. The number of nitrogens with one attached hydrogen (secondary N) is 2. The number of hydrogen-bond acceptors (Lipinski definition) is 6. The van der Waals surface area contributed by atoms with Crippen molar-refractivity contribution in [2.24, 2.45) is 0 Å². The molecule has 0 unspecified atom stereocenters. The highest BCUT2D eigenvalue weighted by Crippen LogP contribution is 2.30. The highest BCUT2D eigenvalue weighted by Gasteiger charge is 2.18. The molecule has 162 valence electrons. The molecule has 0 bridgehead atoms. The molecule has 0 spiro atoms. The fraction of sp³-hybridized carbons (Fsp3) is 0.217. The number of ether oxygens (including phenoxy) is 1. The summed E-state index contributed by atoms with van der Waals surface area (Å²) >= 11 is 1.47. The normalized spacial score (nSPS) is 13.4. The van der Waals surface area contributed by atoms with Gasteiger partial charge in [-0.3, -0.25) is 9.59 Å². The lowest BCUT2D eigenvalue weighted by molar-refractivity contribution is -0.116. The van der Waals surface area contributed by atoms with Crippen LogP contribution in [0.2, 0.25) is 0 Å². The highest BCUT2D eigenvalue weighted by molar-refractivity contribution is 7.20. The molecule has 9 heteroatoms. The molecular formula is C23H21N5O3S. The van der Waals surface area contributed by atoms with Crippen molar-refractivity contribution in [1.29, 1.82) is 0 Å². The number of thiazole rings is 1. The zero-order valence-corrected chi connectivity index (χ0v) is 18.5. The van der Waals surface area contributed by atoms with Crippen molar-refractivity contribution in [3.8, 4) is 10.9 Å². The molecule has 0 radical (unpaired) electrons. The summed E-state index contributed by atoms with van der Waals surface area (Å²) in [7, 11) is 1.63. The molecule has 8 nitrogen and oxygen atoms in total. The van der Waals surface area contributed by atoms with Crippen molar-refractivity contribution in [1.82, 2.24) is 14.8 Å². The number of carbonyl (C=O) groups excluding carboxylic acids is 2. The van der Waals surface area contributed by atoms with Gasteiger partial charge in [0.15, 0.2) is 0 Å². The Morgan fingerprint density at radius 1 is 1.19 bits per heavy atom. The first kappa shape index (κ1) is 20.2. The Morgan fingerprint density at radius 3 is 2.91 bits per heavy atom. The van der Waals surface area contributed by atoms with E-state index in [1.54, 1.807) is 23.9 Å².